The van der Waals surface area contributed by atoms with Gasteiger partial charge in [0, 0.05) is 4.70 Å². The fourth-order valence-corrected chi connectivity index (χ4v) is 4.23. The summed E-state index contributed by atoms with van der Waals surface area (Å²) in [7, 11) is 1.61. The summed E-state index contributed by atoms with van der Waals surface area (Å²) in [6.07, 6.45) is 0. The zero-order valence-corrected chi connectivity index (χ0v) is 13.8. The van der Waals surface area contributed by atoms with Crippen molar-refractivity contribution in [3.63, 3.8) is 0 Å². The number of ether oxygens (including phenoxy) is 1. The molecule has 114 valence electrons. The summed E-state index contributed by atoms with van der Waals surface area (Å²) < 4.78 is 7.39. The molecule has 0 aliphatic rings. The Balaban J connectivity index is 1.65. The monoisotopic (exact) mass is 340 g/mol. The first-order valence-electron chi connectivity index (χ1n) is 6.98. The Morgan fingerprint density at radius 3 is 2.74 bits per heavy atom. The fraction of sp³-hybridized carbons (Fsp3) is 0.0588. The van der Waals surface area contributed by atoms with Gasteiger partial charge in [0.15, 0.2) is 5.13 Å². The van der Waals surface area contributed by atoms with Crippen LogP contribution in [-0.2, 0) is 0 Å². The summed E-state index contributed by atoms with van der Waals surface area (Å²) in [5.74, 6) is 0.574. The molecule has 0 fully saturated rings. The highest BCUT2D eigenvalue weighted by Crippen LogP contribution is 2.33. The van der Waals surface area contributed by atoms with E-state index in [4.69, 9.17) is 4.74 Å². The maximum absolute atomic E-state index is 12.4. The lowest BCUT2D eigenvalue weighted by Gasteiger charge is -1.98. The smallest absolute Gasteiger partial charge is 0.267 e. The number of para-hydroxylation sites is 1. The number of anilines is 1. The van der Waals surface area contributed by atoms with Gasteiger partial charge in [0.05, 0.1) is 16.7 Å². The molecule has 4 rings (SSSR count). The molecule has 2 aromatic carbocycles. The average Bonchev–Trinajstić information content (AvgIpc) is 3.17. The number of hydrogen-bond donors (Lipinski definition) is 1. The van der Waals surface area contributed by atoms with Crippen molar-refractivity contribution < 1.29 is 9.53 Å². The van der Waals surface area contributed by atoms with Gasteiger partial charge >= 0.3 is 0 Å². The van der Waals surface area contributed by atoms with Crippen LogP contribution in [0.25, 0.3) is 20.3 Å². The van der Waals surface area contributed by atoms with E-state index in [1.807, 2.05) is 48.5 Å². The van der Waals surface area contributed by atoms with Crippen LogP contribution in [0, 0.1) is 0 Å². The minimum atomic E-state index is -0.135. The predicted molar refractivity (Wildman–Crippen MR) is 96.0 cm³/mol. The number of nitrogens with zero attached hydrogens (tertiary/aromatic N) is 1. The van der Waals surface area contributed by atoms with Gasteiger partial charge < -0.3 is 4.74 Å². The van der Waals surface area contributed by atoms with Gasteiger partial charge in [0.25, 0.3) is 5.91 Å². The van der Waals surface area contributed by atoms with Gasteiger partial charge in [-0.05, 0) is 29.7 Å². The van der Waals surface area contributed by atoms with Gasteiger partial charge in [0.1, 0.15) is 11.3 Å². The van der Waals surface area contributed by atoms with E-state index < -0.39 is 0 Å². The van der Waals surface area contributed by atoms with Crippen LogP contribution < -0.4 is 10.1 Å². The van der Waals surface area contributed by atoms with Crippen LogP contribution in [-0.4, -0.2) is 18.0 Å². The van der Waals surface area contributed by atoms with E-state index in [-0.39, 0.29) is 5.91 Å². The second kappa shape index (κ2) is 5.64. The molecule has 0 saturated carbocycles. The van der Waals surface area contributed by atoms with Gasteiger partial charge in [0.2, 0.25) is 0 Å². The number of amides is 1. The molecule has 0 unspecified atom stereocenters. The van der Waals surface area contributed by atoms with E-state index in [0.717, 1.165) is 20.3 Å². The van der Waals surface area contributed by atoms with E-state index >= 15 is 0 Å². The molecule has 4 aromatic rings. The van der Waals surface area contributed by atoms with Gasteiger partial charge in [-0.3, -0.25) is 10.1 Å². The molecule has 0 aliphatic heterocycles. The molecular formula is C17H12N2O2S2. The fourth-order valence-electron chi connectivity index (χ4n) is 2.39. The predicted octanol–water partition coefficient (Wildman–Crippen LogP) is 4.77. The topological polar surface area (TPSA) is 51.2 Å². The van der Waals surface area contributed by atoms with Gasteiger partial charge in [-0.2, -0.15) is 0 Å². The molecule has 4 nitrogen and oxygen atoms in total. The van der Waals surface area contributed by atoms with Crippen LogP contribution in [0.5, 0.6) is 5.75 Å². The number of carbonyl (C=O) groups excluding carboxylic acids is 1. The standard InChI is InChI=1S/C17H12N2O2S2/c1-21-11-6-4-8-13-15(11)18-17(23-13)19-16(20)14-9-10-5-2-3-7-12(10)22-14/h2-9H,1H3,(H,18,19,20). The lowest BCUT2D eigenvalue weighted by molar-refractivity contribution is 0.103. The van der Waals surface area contributed by atoms with Gasteiger partial charge in [-0.1, -0.05) is 35.6 Å². The molecule has 1 amide bonds. The van der Waals surface area contributed by atoms with Crippen LogP contribution in [0.3, 0.4) is 0 Å². The number of nitrogens with one attached hydrogen (secondary N) is 1. The molecule has 23 heavy (non-hydrogen) atoms. The Bertz CT molecular complexity index is 987. The Labute approximate surface area is 140 Å². The molecule has 0 radical (unpaired) electrons. The van der Waals surface area contributed by atoms with Gasteiger partial charge in [-0.15, -0.1) is 11.3 Å². The van der Waals surface area contributed by atoms with Crippen LogP contribution in [0.15, 0.2) is 48.5 Å². The minimum absolute atomic E-state index is 0.135. The zero-order valence-electron chi connectivity index (χ0n) is 12.2. The van der Waals surface area contributed by atoms with Crippen molar-refractivity contribution in [1.29, 1.82) is 0 Å². The van der Waals surface area contributed by atoms with E-state index in [0.29, 0.717) is 15.8 Å². The Morgan fingerprint density at radius 1 is 1.09 bits per heavy atom. The maximum atomic E-state index is 12.4. The molecule has 1 N–H and O–H groups in total. The summed E-state index contributed by atoms with van der Waals surface area (Å²) in [6.45, 7) is 0. The minimum Gasteiger partial charge on any atom is -0.494 e. The summed E-state index contributed by atoms with van der Waals surface area (Å²) in [4.78, 5) is 17.6. The number of rotatable bonds is 3. The first-order valence-corrected chi connectivity index (χ1v) is 8.61. The Kier molecular flexibility index (Phi) is 3.48. The molecule has 0 bridgehead atoms. The third kappa shape index (κ3) is 2.56. The van der Waals surface area contributed by atoms with Gasteiger partial charge in [-0.25, -0.2) is 4.98 Å². The van der Waals surface area contributed by atoms with Crippen molar-refractivity contribution in [3.8, 4) is 5.75 Å². The van der Waals surface area contributed by atoms with Crippen molar-refractivity contribution in [2.24, 2.45) is 0 Å². The number of methoxy groups -OCH3 is 1. The second-order valence-electron chi connectivity index (χ2n) is 4.93. The molecule has 2 aromatic heterocycles. The Hall–Kier alpha value is -2.44. The number of thiophene rings is 1. The molecule has 0 atom stereocenters. The third-order valence-electron chi connectivity index (χ3n) is 3.47. The summed E-state index contributed by atoms with van der Waals surface area (Å²) >= 11 is 2.92. The number of carbonyl (C=O) groups is 1. The molecule has 2 heterocycles. The van der Waals surface area contributed by atoms with Crippen LogP contribution in [0.4, 0.5) is 5.13 Å². The quantitative estimate of drug-likeness (QED) is 0.584. The van der Waals surface area contributed by atoms with Crippen LogP contribution >= 0.6 is 22.7 Å². The highest BCUT2D eigenvalue weighted by molar-refractivity contribution is 7.23. The third-order valence-corrected chi connectivity index (χ3v) is 5.52. The van der Waals surface area contributed by atoms with Crippen molar-refractivity contribution >= 4 is 54.0 Å². The normalized spacial score (nSPS) is 11.0. The van der Waals surface area contributed by atoms with Crippen molar-refractivity contribution in [2.45, 2.75) is 0 Å². The maximum Gasteiger partial charge on any atom is 0.267 e. The summed E-state index contributed by atoms with van der Waals surface area (Å²) in [5, 5.41) is 4.54. The van der Waals surface area contributed by atoms with E-state index in [1.54, 1.807) is 7.11 Å². The van der Waals surface area contributed by atoms with E-state index in [2.05, 4.69) is 10.3 Å². The van der Waals surface area contributed by atoms with E-state index in [1.165, 1.54) is 22.7 Å². The molecule has 0 spiro atoms. The lowest BCUT2D eigenvalue weighted by atomic mass is 10.2. The molecule has 0 aliphatic carbocycles. The number of fused-ring (bicyclic) bond motifs is 2. The number of hydrogen-bond acceptors (Lipinski definition) is 5. The SMILES string of the molecule is COc1cccc2sc(NC(=O)c3cc4ccccc4s3)nc12. The van der Waals surface area contributed by atoms with Crippen LogP contribution in [0.1, 0.15) is 9.67 Å². The Morgan fingerprint density at radius 2 is 1.91 bits per heavy atom. The molecule has 6 heteroatoms. The van der Waals surface area contributed by atoms with Crippen molar-refractivity contribution in [1.82, 2.24) is 4.98 Å². The highest BCUT2D eigenvalue weighted by Gasteiger charge is 2.14. The zero-order chi connectivity index (χ0) is 15.8. The summed E-state index contributed by atoms with van der Waals surface area (Å²) in [6, 6.07) is 15.6. The van der Waals surface area contributed by atoms with E-state index in [9.17, 15) is 4.79 Å². The molecular weight excluding hydrogens is 328 g/mol. The first kappa shape index (κ1) is 14.2. The van der Waals surface area contributed by atoms with Crippen molar-refractivity contribution in [3.05, 3.63) is 53.4 Å². The second-order valence-corrected chi connectivity index (χ2v) is 7.04. The lowest BCUT2D eigenvalue weighted by Crippen LogP contribution is -2.09. The largest absolute Gasteiger partial charge is 0.494 e. The number of thiazole rings is 1. The van der Waals surface area contributed by atoms with Crippen LogP contribution in [0.2, 0.25) is 0 Å². The molecule has 0 saturated heterocycles. The first-order chi connectivity index (χ1) is 11.2. The number of aromatic nitrogens is 1. The van der Waals surface area contributed by atoms with Crippen molar-refractivity contribution in [2.75, 3.05) is 12.4 Å². The summed E-state index contributed by atoms with van der Waals surface area (Å²) in [5.41, 5.74) is 0.770. The highest BCUT2D eigenvalue weighted by atomic mass is 32.1. The number of benzene rings is 2. The average molecular weight is 340 g/mol.